The van der Waals surface area contributed by atoms with Gasteiger partial charge in [-0.1, -0.05) is 0 Å². The Kier molecular flexibility index (Phi) is 6.35. The van der Waals surface area contributed by atoms with Crippen molar-refractivity contribution in [3.63, 3.8) is 0 Å². The van der Waals surface area contributed by atoms with Crippen LogP contribution in [0.5, 0.6) is 11.5 Å². The Morgan fingerprint density at radius 3 is 2.26 bits per heavy atom. The van der Waals surface area contributed by atoms with Crippen molar-refractivity contribution in [2.24, 2.45) is 0 Å². The zero-order valence-electron chi connectivity index (χ0n) is 15.1. The van der Waals surface area contributed by atoms with Crippen LogP contribution in [-0.4, -0.2) is 23.0 Å². The zero-order chi connectivity index (χ0) is 18.9. The Morgan fingerprint density at radius 1 is 0.926 bits per heavy atom. The average molecular weight is 363 g/mol. The molecule has 0 saturated carbocycles. The molecule has 3 aromatic rings. The van der Waals surface area contributed by atoms with E-state index in [-0.39, 0.29) is 5.91 Å². The number of ether oxygens (including phenoxy) is 2. The van der Waals surface area contributed by atoms with Gasteiger partial charge in [0.15, 0.2) is 11.5 Å². The number of nitrogens with one attached hydrogen (secondary N) is 1. The molecular weight excluding hydrogens is 342 g/mol. The Hall–Kier alpha value is -3.41. The maximum absolute atomic E-state index is 12.2. The third kappa shape index (κ3) is 5.54. The summed E-state index contributed by atoms with van der Waals surface area (Å²) in [4.78, 5) is 20.2. The van der Waals surface area contributed by atoms with Crippen LogP contribution in [-0.2, 0) is 17.8 Å². The summed E-state index contributed by atoms with van der Waals surface area (Å²) >= 11 is 0. The highest BCUT2D eigenvalue weighted by molar-refractivity contribution is 5.91. The van der Waals surface area contributed by atoms with Crippen molar-refractivity contribution in [2.45, 2.75) is 19.4 Å². The lowest BCUT2D eigenvalue weighted by molar-refractivity contribution is -0.116. The molecule has 1 amide bonds. The highest BCUT2D eigenvalue weighted by Crippen LogP contribution is 2.31. The van der Waals surface area contributed by atoms with Crippen LogP contribution in [0.15, 0.2) is 67.3 Å². The normalized spacial score (nSPS) is 10.3. The van der Waals surface area contributed by atoms with Crippen molar-refractivity contribution in [3.05, 3.63) is 78.4 Å². The second kappa shape index (κ2) is 9.33. The van der Waals surface area contributed by atoms with Crippen molar-refractivity contribution in [1.82, 2.24) is 9.97 Å². The van der Waals surface area contributed by atoms with E-state index in [9.17, 15) is 4.79 Å². The highest BCUT2D eigenvalue weighted by Gasteiger charge is 2.09. The molecule has 6 heteroatoms. The van der Waals surface area contributed by atoms with Crippen LogP contribution >= 0.6 is 0 Å². The van der Waals surface area contributed by atoms with Crippen molar-refractivity contribution in [3.8, 4) is 11.5 Å². The molecule has 0 radical (unpaired) electrons. The first-order valence-corrected chi connectivity index (χ1v) is 8.63. The molecule has 2 heterocycles. The number of benzene rings is 1. The number of rotatable bonds is 8. The molecular formula is C21H21N3O3. The summed E-state index contributed by atoms with van der Waals surface area (Å²) in [7, 11) is 1.58. The lowest BCUT2D eigenvalue weighted by Crippen LogP contribution is -2.12. The second-order valence-electron chi connectivity index (χ2n) is 5.91. The van der Waals surface area contributed by atoms with Crippen LogP contribution in [0, 0.1) is 0 Å². The second-order valence-corrected chi connectivity index (χ2v) is 5.91. The number of nitrogens with zero attached hydrogens (tertiary/aromatic N) is 2. The molecule has 0 fully saturated rings. The number of methoxy groups -OCH3 is 1. The Morgan fingerprint density at radius 2 is 1.59 bits per heavy atom. The Bertz CT molecular complexity index is 870. The fourth-order valence-electron chi connectivity index (χ4n) is 2.54. The Labute approximate surface area is 158 Å². The third-order valence-electron chi connectivity index (χ3n) is 3.98. The number of carbonyl (C=O) groups is 1. The number of aryl methyl sites for hydroxylation is 1. The van der Waals surface area contributed by atoms with Crippen LogP contribution in [0.4, 0.5) is 5.69 Å². The van der Waals surface area contributed by atoms with Gasteiger partial charge in [-0.05, 0) is 53.9 Å². The molecule has 1 N–H and O–H groups in total. The summed E-state index contributed by atoms with van der Waals surface area (Å²) in [6.07, 6.45) is 7.94. The lowest BCUT2D eigenvalue weighted by Gasteiger charge is -2.13. The number of pyridine rings is 2. The van der Waals surface area contributed by atoms with Gasteiger partial charge >= 0.3 is 0 Å². The van der Waals surface area contributed by atoms with Crippen LogP contribution in [0.2, 0.25) is 0 Å². The van der Waals surface area contributed by atoms with Crippen molar-refractivity contribution in [2.75, 3.05) is 12.4 Å². The van der Waals surface area contributed by atoms with Crippen LogP contribution in [0.1, 0.15) is 17.5 Å². The number of anilines is 1. The standard InChI is InChI=1S/C21H21N3O3/c1-26-19-4-3-18(14-20(19)27-15-17-8-12-23-13-9-17)24-21(25)5-2-16-6-10-22-11-7-16/h3-4,6-14H,2,5,15H2,1H3,(H,24,25). The van der Waals surface area contributed by atoms with Gasteiger partial charge in [-0.2, -0.15) is 0 Å². The third-order valence-corrected chi connectivity index (χ3v) is 3.98. The lowest BCUT2D eigenvalue weighted by atomic mass is 10.1. The highest BCUT2D eigenvalue weighted by atomic mass is 16.5. The summed E-state index contributed by atoms with van der Waals surface area (Å²) in [6, 6.07) is 12.9. The molecule has 0 unspecified atom stereocenters. The van der Waals surface area contributed by atoms with Gasteiger partial charge in [0, 0.05) is 43.0 Å². The molecule has 0 bridgehead atoms. The fraction of sp³-hybridized carbons (Fsp3) is 0.190. The van der Waals surface area contributed by atoms with E-state index in [1.807, 2.05) is 24.3 Å². The minimum atomic E-state index is -0.0583. The maximum Gasteiger partial charge on any atom is 0.224 e. The van der Waals surface area contributed by atoms with E-state index < -0.39 is 0 Å². The van der Waals surface area contributed by atoms with E-state index in [0.29, 0.717) is 36.6 Å². The molecule has 2 aromatic heterocycles. The molecule has 0 aliphatic rings. The van der Waals surface area contributed by atoms with E-state index in [0.717, 1.165) is 11.1 Å². The zero-order valence-corrected chi connectivity index (χ0v) is 15.1. The molecule has 27 heavy (non-hydrogen) atoms. The maximum atomic E-state index is 12.2. The van der Waals surface area contributed by atoms with E-state index >= 15 is 0 Å². The monoisotopic (exact) mass is 363 g/mol. The van der Waals surface area contributed by atoms with E-state index in [1.54, 1.807) is 50.1 Å². The number of hydrogen-bond acceptors (Lipinski definition) is 5. The molecule has 0 atom stereocenters. The van der Waals surface area contributed by atoms with Crippen LogP contribution in [0.25, 0.3) is 0 Å². The molecule has 0 saturated heterocycles. The van der Waals surface area contributed by atoms with Crippen LogP contribution < -0.4 is 14.8 Å². The first-order valence-electron chi connectivity index (χ1n) is 8.63. The van der Waals surface area contributed by atoms with Gasteiger partial charge in [0.2, 0.25) is 5.91 Å². The summed E-state index contributed by atoms with van der Waals surface area (Å²) in [5.74, 6) is 1.12. The first kappa shape index (κ1) is 18.4. The van der Waals surface area contributed by atoms with E-state index in [1.165, 1.54) is 0 Å². The predicted molar refractivity (Wildman–Crippen MR) is 103 cm³/mol. The minimum absolute atomic E-state index is 0.0583. The van der Waals surface area contributed by atoms with Crippen molar-refractivity contribution >= 4 is 11.6 Å². The molecule has 0 aliphatic carbocycles. The van der Waals surface area contributed by atoms with Crippen molar-refractivity contribution in [1.29, 1.82) is 0 Å². The van der Waals surface area contributed by atoms with Gasteiger partial charge in [0.1, 0.15) is 6.61 Å². The molecule has 138 valence electrons. The van der Waals surface area contributed by atoms with Gasteiger partial charge < -0.3 is 14.8 Å². The smallest absolute Gasteiger partial charge is 0.224 e. The minimum Gasteiger partial charge on any atom is -0.493 e. The number of carbonyl (C=O) groups excluding carboxylic acids is 1. The summed E-state index contributed by atoms with van der Waals surface area (Å²) in [5.41, 5.74) is 2.75. The molecule has 6 nitrogen and oxygen atoms in total. The van der Waals surface area contributed by atoms with E-state index in [4.69, 9.17) is 9.47 Å². The summed E-state index contributed by atoms with van der Waals surface area (Å²) in [5, 5.41) is 2.90. The average Bonchev–Trinajstić information content (AvgIpc) is 2.72. The van der Waals surface area contributed by atoms with Crippen LogP contribution in [0.3, 0.4) is 0 Å². The quantitative estimate of drug-likeness (QED) is 0.661. The first-order chi connectivity index (χ1) is 13.2. The van der Waals surface area contributed by atoms with Crippen molar-refractivity contribution < 1.29 is 14.3 Å². The fourth-order valence-corrected chi connectivity index (χ4v) is 2.54. The number of amides is 1. The van der Waals surface area contributed by atoms with Gasteiger partial charge in [0.05, 0.1) is 7.11 Å². The van der Waals surface area contributed by atoms with Gasteiger partial charge in [0.25, 0.3) is 0 Å². The molecule has 3 rings (SSSR count). The summed E-state index contributed by atoms with van der Waals surface area (Å²) < 4.78 is 11.2. The molecule has 0 aliphatic heterocycles. The van der Waals surface area contributed by atoms with Gasteiger partial charge in [-0.3, -0.25) is 14.8 Å². The topological polar surface area (TPSA) is 73.3 Å². The van der Waals surface area contributed by atoms with Gasteiger partial charge in [-0.25, -0.2) is 0 Å². The summed E-state index contributed by atoms with van der Waals surface area (Å²) in [6.45, 7) is 0.387. The Balaban J connectivity index is 1.61. The van der Waals surface area contributed by atoms with E-state index in [2.05, 4.69) is 15.3 Å². The van der Waals surface area contributed by atoms with Gasteiger partial charge in [-0.15, -0.1) is 0 Å². The number of hydrogen-bond donors (Lipinski definition) is 1. The molecule has 0 spiro atoms. The largest absolute Gasteiger partial charge is 0.493 e. The SMILES string of the molecule is COc1ccc(NC(=O)CCc2ccncc2)cc1OCc1ccncc1. The number of aromatic nitrogens is 2. The predicted octanol–water partition coefficient (Wildman–Crippen LogP) is 3.64. The molecule has 1 aromatic carbocycles.